The summed E-state index contributed by atoms with van der Waals surface area (Å²) in [6.07, 6.45) is 1.44. The second-order valence-corrected chi connectivity index (χ2v) is 4.25. The first-order chi connectivity index (χ1) is 9.11. The Kier molecular flexibility index (Phi) is 4.03. The van der Waals surface area contributed by atoms with Crippen molar-refractivity contribution in [3.05, 3.63) is 45.8 Å². The molecule has 0 bridgehead atoms. The molecule has 2 aromatic rings. The molecule has 0 unspecified atom stereocenters. The second kappa shape index (κ2) is 5.73. The van der Waals surface area contributed by atoms with Gasteiger partial charge in [-0.25, -0.2) is 4.68 Å². The first kappa shape index (κ1) is 13.4. The van der Waals surface area contributed by atoms with Crippen LogP contribution in [0.1, 0.15) is 0 Å². The van der Waals surface area contributed by atoms with E-state index in [4.69, 9.17) is 22.4 Å². The van der Waals surface area contributed by atoms with E-state index in [9.17, 15) is 4.79 Å². The van der Waals surface area contributed by atoms with Gasteiger partial charge in [0.05, 0.1) is 25.0 Å². The zero-order valence-corrected chi connectivity index (χ0v) is 10.8. The summed E-state index contributed by atoms with van der Waals surface area (Å²) >= 11 is 5.97. The number of nitrogens with zero attached hydrogens (tertiary/aromatic N) is 2. The number of aliphatic hydroxyl groups excluding tert-OH is 1. The van der Waals surface area contributed by atoms with E-state index >= 15 is 0 Å². The molecule has 4 N–H and O–H groups in total. The summed E-state index contributed by atoms with van der Waals surface area (Å²) in [6.45, 7) is -0.0608. The summed E-state index contributed by atoms with van der Waals surface area (Å²) in [5.41, 5.74) is 6.94. The van der Waals surface area contributed by atoms with Gasteiger partial charge in [0.1, 0.15) is 5.02 Å². The third-order valence-corrected chi connectivity index (χ3v) is 2.85. The SMILES string of the molecule is Nc1ccc(Nc2cnn(CCO)c(=O)c2Cl)cc1. The van der Waals surface area contributed by atoms with Gasteiger partial charge < -0.3 is 16.2 Å². The lowest BCUT2D eigenvalue weighted by atomic mass is 10.3. The van der Waals surface area contributed by atoms with Crippen LogP contribution < -0.4 is 16.6 Å². The summed E-state index contributed by atoms with van der Waals surface area (Å²) in [7, 11) is 0. The molecule has 7 heteroatoms. The molecule has 0 saturated heterocycles. The molecule has 19 heavy (non-hydrogen) atoms. The van der Waals surface area contributed by atoms with Gasteiger partial charge in [-0.15, -0.1) is 0 Å². The topological polar surface area (TPSA) is 93.2 Å². The van der Waals surface area contributed by atoms with Crippen molar-refractivity contribution in [2.24, 2.45) is 0 Å². The van der Waals surface area contributed by atoms with Crippen LogP contribution in [0.3, 0.4) is 0 Å². The number of anilines is 3. The molecular formula is C12H13ClN4O2. The van der Waals surface area contributed by atoms with Crippen molar-refractivity contribution >= 4 is 28.7 Å². The van der Waals surface area contributed by atoms with E-state index in [1.54, 1.807) is 24.3 Å². The van der Waals surface area contributed by atoms with E-state index in [0.29, 0.717) is 11.4 Å². The fraction of sp³-hybridized carbons (Fsp3) is 0.167. The van der Waals surface area contributed by atoms with Crippen molar-refractivity contribution in [1.82, 2.24) is 9.78 Å². The lowest BCUT2D eigenvalue weighted by molar-refractivity contribution is 0.266. The lowest BCUT2D eigenvalue weighted by Gasteiger charge is -2.09. The molecule has 0 radical (unpaired) electrons. The number of hydrogen-bond acceptors (Lipinski definition) is 5. The summed E-state index contributed by atoms with van der Waals surface area (Å²) in [5.74, 6) is 0. The maximum atomic E-state index is 11.8. The van der Waals surface area contributed by atoms with E-state index in [0.717, 1.165) is 10.4 Å². The maximum absolute atomic E-state index is 11.8. The van der Waals surface area contributed by atoms with Crippen molar-refractivity contribution in [3.8, 4) is 0 Å². The molecule has 0 amide bonds. The summed E-state index contributed by atoms with van der Waals surface area (Å²) in [6, 6.07) is 7.00. The van der Waals surface area contributed by atoms with Gasteiger partial charge in [0.15, 0.2) is 0 Å². The summed E-state index contributed by atoms with van der Waals surface area (Å²) in [4.78, 5) is 11.8. The first-order valence-corrected chi connectivity index (χ1v) is 5.98. The van der Waals surface area contributed by atoms with Crippen molar-refractivity contribution in [1.29, 1.82) is 0 Å². The Morgan fingerprint density at radius 3 is 2.68 bits per heavy atom. The van der Waals surface area contributed by atoms with Gasteiger partial charge in [-0.1, -0.05) is 11.6 Å². The third-order valence-electron chi connectivity index (χ3n) is 2.49. The minimum atomic E-state index is -0.448. The molecule has 0 aliphatic heterocycles. The van der Waals surface area contributed by atoms with Crippen LogP contribution in [0.4, 0.5) is 17.1 Å². The molecule has 0 atom stereocenters. The quantitative estimate of drug-likeness (QED) is 0.732. The van der Waals surface area contributed by atoms with Gasteiger partial charge in [-0.3, -0.25) is 4.79 Å². The minimum absolute atomic E-state index is 0.0280. The molecule has 100 valence electrons. The first-order valence-electron chi connectivity index (χ1n) is 5.61. The average Bonchev–Trinajstić information content (AvgIpc) is 2.41. The fourth-order valence-electron chi connectivity index (χ4n) is 1.53. The Hall–Kier alpha value is -2.05. The number of nitrogens with two attached hydrogens (primary N) is 1. The number of hydrogen-bond donors (Lipinski definition) is 3. The number of benzene rings is 1. The molecule has 0 aliphatic carbocycles. The fourth-order valence-corrected chi connectivity index (χ4v) is 1.72. The molecule has 1 aromatic heterocycles. The zero-order chi connectivity index (χ0) is 13.8. The largest absolute Gasteiger partial charge is 0.399 e. The molecule has 1 aromatic carbocycles. The highest BCUT2D eigenvalue weighted by molar-refractivity contribution is 6.33. The van der Waals surface area contributed by atoms with Crippen molar-refractivity contribution in [2.75, 3.05) is 17.7 Å². The third kappa shape index (κ3) is 3.04. The van der Waals surface area contributed by atoms with Crippen LogP contribution in [0.5, 0.6) is 0 Å². The van der Waals surface area contributed by atoms with Crippen molar-refractivity contribution in [2.45, 2.75) is 6.54 Å². The minimum Gasteiger partial charge on any atom is -0.399 e. The summed E-state index contributed by atoms with van der Waals surface area (Å²) < 4.78 is 1.11. The molecule has 6 nitrogen and oxygen atoms in total. The lowest BCUT2D eigenvalue weighted by Crippen LogP contribution is -2.25. The van der Waals surface area contributed by atoms with E-state index in [-0.39, 0.29) is 18.2 Å². The normalized spacial score (nSPS) is 10.4. The van der Waals surface area contributed by atoms with Crippen LogP contribution in [-0.4, -0.2) is 21.5 Å². The van der Waals surface area contributed by atoms with Crippen LogP contribution in [0, 0.1) is 0 Å². The predicted octanol–water partition coefficient (Wildman–Crippen LogP) is 1.21. The van der Waals surface area contributed by atoms with Crippen LogP contribution in [0.15, 0.2) is 35.3 Å². The van der Waals surface area contributed by atoms with Crippen LogP contribution >= 0.6 is 11.6 Å². The number of halogens is 1. The van der Waals surface area contributed by atoms with Crippen LogP contribution in [-0.2, 0) is 6.54 Å². The van der Waals surface area contributed by atoms with E-state index < -0.39 is 5.56 Å². The second-order valence-electron chi connectivity index (χ2n) is 3.87. The van der Waals surface area contributed by atoms with Gasteiger partial charge in [0, 0.05) is 11.4 Å². The van der Waals surface area contributed by atoms with Crippen molar-refractivity contribution < 1.29 is 5.11 Å². The Balaban J connectivity index is 2.29. The predicted molar refractivity (Wildman–Crippen MR) is 74.7 cm³/mol. The molecule has 0 saturated carbocycles. The number of rotatable bonds is 4. The Morgan fingerprint density at radius 1 is 1.37 bits per heavy atom. The monoisotopic (exact) mass is 280 g/mol. The summed E-state index contributed by atoms with van der Waals surface area (Å²) in [5, 5.41) is 15.7. The molecule has 0 fully saturated rings. The standard InChI is InChI=1S/C12H13ClN4O2/c13-11-10(7-15-17(5-6-18)12(11)19)16-9-3-1-8(14)2-4-9/h1-4,7,16,18H,5-6,14H2. The van der Waals surface area contributed by atoms with Gasteiger partial charge in [-0.2, -0.15) is 5.10 Å². The van der Waals surface area contributed by atoms with Gasteiger partial charge >= 0.3 is 0 Å². The smallest absolute Gasteiger partial charge is 0.287 e. The Morgan fingerprint density at radius 2 is 2.05 bits per heavy atom. The van der Waals surface area contributed by atoms with E-state index in [1.807, 2.05) is 0 Å². The highest BCUT2D eigenvalue weighted by atomic mass is 35.5. The van der Waals surface area contributed by atoms with Crippen LogP contribution in [0.25, 0.3) is 0 Å². The molecule has 0 aliphatic rings. The zero-order valence-electron chi connectivity index (χ0n) is 10.0. The number of aliphatic hydroxyl groups is 1. The highest BCUT2D eigenvalue weighted by Gasteiger charge is 2.09. The highest BCUT2D eigenvalue weighted by Crippen LogP contribution is 2.21. The Bertz CT molecular complexity index is 625. The van der Waals surface area contributed by atoms with E-state index in [2.05, 4.69) is 10.4 Å². The Labute approximate surface area is 114 Å². The maximum Gasteiger partial charge on any atom is 0.287 e. The van der Waals surface area contributed by atoms with Crippen LogP contribution in [0.2, 0.25) is 5.02 Å². The van der Waals surface area contributed by atoms with Gasteiger partial charge in [0.2, 0.25) is 0 Å². The molecule has 2 rings (SSSR count). The number of nitrogen functional groups attached to an aromatic ring is 1. The average molecular weight is 281 g/mol. The van der Waals surface area contributed by atoms with Gasteiger partial charge in [0.25, 0.3) is 5.56 Å². The van der Waals surface area contributed by atoms with E-state index in [1.165, 1.54) is 6.20 Å². The molecule has 1 heterocycles. The number of nitrogens with one attached hydrogen (secondary N) is 1. The number of aromatic nitrogens is 2. The molecular weight excluding hydrogens is 268 g/mol. The van der Waals surface area contributed by atoms with Gasteiger partial charge in [-0.05, 0) is 24.3 Å². The van der Waals surface area contributed by atoms with Crippen molar-refractivity contribution in [3.63, 3.8) is 0 Å². The molecule has 0 spiro atoms.